The summed E-state index contributed by atoms with van der Waals surface area (Å²) in [6.45, 7) is 10.0. The van der Waals surface area contributed by atoms with Crippen molar-refractivity contribution in [2.75, 3.05) is 0 Å². The number of aryl methyl sites for hydroxylation is 1. The third kappa shape index (κ3) is 3.25. The molecule has 3 nitrogen and oxygen atoms in total. The molecule has 100 valence electrons. The Balaban J connectivity index is 2.97. The van der Waals surface area contributed by atoms with E-state index in [2.05, 4.69) is 26.8 Å². The molecule has 1 atom stereocenters. The predicted molar refractivity (Wildman–Crippen MR) is 72.2 cm³/mol. The van der Waals surface area contributed by atoms with Crippen LogP contribution in [0.15, 0.2) is 18.2 Å². The lowest BCUT2D eigenvalue weighted by atomic mass is 9.81. The molecule has 1 rings (SSSR count). The van der Waals surface area contributed by atoms with E-state index < -0.39 is 12.1 Å². The van der Waals surface area contributed by atoms with Gasteiger partial charge in [-0.3, -0.25) is 0 Å². The van der Waals surface area contributed by atoms with Crippen LogP contribution in [0.1, 0.15) is 45.2 Å². The maximum Gasteiger partial charge on any atom is 0.344 e. The van der Waals surface area contributed by atoms with Crippen LogP contribution in [0.4, 0.5) is 0 Å². The maximum absolute atomic E-state index is 10.8. The van der Waals surface area contributed by atoms with Crippen LogP contribution < -0.4 is 4.74 Å². The second-order valence-corrected chi connectivity index (χ2v) is 5.32. The number of carboxylic acid groups (broad SMARTS) is 1. The normalized spacial score (nSPS) is 13.2. The van der Waals surface area contributed by atoms with E-state index in [9.17, 15) is 4.79 Å². The van der Waals surface area contributed by atoms with Gasteiger partial charge in [0.2, 0.25) is 0 Å². The highest BCUT2D eigenvalue weighted by Gasteiger charge is 2.20. The van der Waals surface area contributed by atoms with E-state index in [1.807, 2.05) is 19.1 Å². The zero-order chi connectivity index (χ0) is 13.9. The van der Waals surface area contributed by atoms with Crippen molar-refractivity contribution in [3.63, 3.8) is 0 Å². The number of carbonyl (C=O) groups is 1. The van der Waals surface area contributed by atoms with Crippen molar-refractivity contribution < 1.29 is 14.6 Å². The first kappa shape index (κ1) is 14.6. The summed E-state index contributed by atoms with van der Waals surface area (Å²) in [7, 11) is 0. The van der Waals surface area contributed by atoms with Crippen molar-refractivity contribution in [2.24, 2.45) is 0 Å². The summed E-state index contributed by atoms with van der Waals surface area (Å²) in [5.74, 6) is -0.312. The fourth-order valence-electron chi connectivity index (χ4n) is 1.65. The van der Waals surface area contributed by atoms with E-state index in [4.69, 9.17) is 9.84 Å². The van der Waals surface area contributed by atoms with Gasteiger partial charge < -0.3 is 9.84 Å². The summed E-state index contributed by atoms with van der Waals surface area (Å²) in [6, 6.07) is 5.95. The average Bonchev–Trinajstić information content (AvgIpc) is 2.31. The summed E-state index contributed by atoms with van der Waals surface area (Å²) in [5, 5.41) is 8.83. The smallest absolute Gasteiger partial charge is 0.344 e. The first-order valence-corrected chi connectivity index (χ1v) is 6.28. The largest absolute Gasteiger partial charge is 0.479 e. The predicted octanol–water partition coefficient (Wildman–Crippen LogP) is 3.53. The van der Waals surface area contributed by atoms with Crippen LogP contribution in [-0.4, -0.2) is 17.2 Å². The van der Waals surface area contributed by atoms with Gasteiger partial charge in [-0.25, -0.2) is 4.79 Å². The summed E-state index contributed by atoms with van der Waals surface area (Å²) >= 11 is 0. The molecule has 0 radical (unpaired) electrons. The molecule has 1 aromatic carbocycles. The Labute approximate surface area is 109 Å². The molecule has 1 aromatic rings. The first-order valence-electron chi connectivity index (χ1n) is 6.28. The minimum absolute atomic E-state index is 0.127. The van der Waals surface area contributed by atoms with Crippen LogP contribution >= 0.6 is 0 Å². The van der Waals surface area contributed by atoms with Crippen molar-refractivity contribution in [1.29, 1.82) is 0 Å². The molecule has 1 unspecified atom stereocenters. The van der Waals surface area contributed by atoms with Crippen molar-refractivity contribution in [2.45, 2.75) is 52.6 Å². The molecule has 1 N–H and O–H groups in total. The monoisotopic (exact) mass is 250 g/mol. The number of aliphatic carboxylic acids is 1. The molecule has 0 saturated carbocycles. The standard InChI is InChI=1S/C15H22O3/c1-6-15(4,5)12-7-8-13(10(2)9-12)18-11(3)14(16)17/h7-9,11H,6H2,1-5H3,(H,16,17). The van der Waals surface area contributed by atoms with E-state index in [0.29, 0.717) is 5.75 Å². The number of benzene rings is 1. The maximum atomic E-state index is 10.8. The van der Waals surface area contributed by atoms with Gasteiger partial charge >= 0.3 is 5.97 Å². The van der Waals surface area contributed by atoms with E-state index in [1.54, 1.807) is 0 Å². The van der Waals surface area contributed by atoms with Crippen LogP contribution in [0.2, 0.25) is 0 Å². The molecule has 0 aromatic heterocycles. The van der Waals surface area contributed by atoms with Gasteiger partial charge in [-0.1, -0.05) is 32.9 Å². The first-order chi connectivity index (χ1) is 8.27. The molecule has 18 heavy (non-hydrogen) atoms. The Morgan fingerprint density at radius 2 is 2.06 bits per heavy atom. The highest BCUT2D eigenvalue weighted by atomic mass is 16.5. The third-order valence-electron chi connectivity index (χ3n) is 3.49. The van der Waals surface area contributed by atoms with Gasteiger partial charge in [-0.2, -0.15) is 0 Å². The molecule has 0 aliphatic rings. The number of hydrogen-bond acceptors (Lipinski definition) is 2. The van der Waals surface area contributed by atoms with Gasteiger partial charge in [0, 0.05) is 0 Å². The average molecular weight is 250 g/mol. The Hall–Kier alpha value is -1.51. The van der Waals surface area contributed by atoms with E-state index in [-0.39, 0.29) is 5.41 Å². The van der Waals surface area contributed by atoms with Gasteiger partial charge in [0.25, 0.3) is 0 Å². The zero-order valence-electron chi connectivity index (χ0n) is 11.8. The van der Waals surface area contributed by atoms with Crippen LogP contribution in [-0.2, 0) is 10.2 Å². The van der Waals surface area contributed by atoms with Crippen molar-refractivity contribution in [3.8, 4) is 5.75 Å². The second kappa shape index (κ2) is 5.42. The minimum atomic E-state index is -0.952. The highest BCUT2D eigenvalue weighted by Crippen LogP contribution is 2.30. The summed E-state index contributed by atoms with van der Waals surface area (Å²) in [5.41, 5.74) is 2.35. The van der Waals surface area contributed by atoms with Crippen LogP contribution in [0.3, 0.4) is 0 Å². The molecule has 0 bridgehead atoms. The number of ether oxygens (including phenoxy) is 1. The topological polar surface area (TPSA) is 46.5 Å². The van der Waals surface area contributed by atoms with Gasteiger partial charge in [0.1, 0.15) is 5.75 Å². The second-order valence-electron chi connectivity index (χ2n) is 5.32. The fraction of sp³-hybridized carbons (Fsp3) is 0.533. The minimum Gasteiger partial charge on any atom is -0.479 e. The van der Waals surface area contributed by atoms with E-state index in [1.165, 1.54) is 12.5 Å². The third-order valence-corrected chi connectivity index (χ3v) is 3.49. The van der Waals surface area contributed by atoms with Crippen LogP contribution in [0, 0.1) is 6.92 Å². The lowest BCUT2D eigenvalue weighted by molar-refractivity contribution is -0.144. The van der Waals surface area contributed by atoms with E-state index in [0.717, 1.165) is 12.0 Å². The van der Waals surface area contributed by atoms with Crippen LogP contribution in [0.5, 0.6) is 5.75 Å². The summed E-state index contributed by atoms with van der Waals surface area (Å²) < 4.78 is 5.41. The summed E-state index contributed by atoms with van der Waals surface area (Å²) in [6.07, 6.45) is 0.228. The van der Waals surface area contributed by atoms with Gasteiger partial charge in [0.15, 0.2) is 6.10 Å². The lowest BCUT2D eigenvalue weighted by Crippen LogP contribution is -2.23. The van der Waals surface area contributed by atoms with Crippen molar-refractivity contribution in [1.82, 2.24) is 0 Å². The number of hydrogen-bond donors (Lipinski definition) is 1. The molecule has 0 saturated heterocycles. The Morgan fingerprint density at radius 1 is 1.44 bits per heavy atom. The molecule has 0 fully saturated rings. The van der Waals surface area contributed by atoms with Gasteiger partial charge in [-0.05, 0) is 42.9 Å². The fourth-order valence-corrected chi connectivity index (χ4v) is 1.65. The van der Waals surface area contributed by atoms with Gasteiger partial charge in [0.05, 0.1) is 0 Å². The SMILES string of the molecule is CCC(C)(C)c1ccc(OC(C)C(=O)O)c(C)c1. The molecule has 0 heterocycles. The van der Waals surface area contributed by atoms with Crippen molar-refractivity contribution >= 4 is 5.97 Å². The molecular formula is C15H22O3. The summed E-state index contributed by atoms with van der Waals surface area (Å²) in [4.78, 5) is 10.8. The van der Waals surface area contributed by atoms with Gasteiger partial charge in [-0.15, -0.1) is 0 Å². The zero-order valence-corrected chi connectivity index (χ0v) is 11.8. The van der Waals surface area contributed by atoms with E-state index >= 15 is 0 Å². The molecule has 0 aliphatic carbocycles. The van der Waals surface area contributed by atoms with Crippen LogP contribution in [0.25, 0.3) is 0 Å². The number of carboxylic acids is 1. The van der Waals surface area contributed by atoms with Crippen molar-refractivity contribution in [3.05, 3.63) is 29.3 Å². The molecule has 0 aliphatic heterocycles. The Kier molecular flexibility index (Phi) is 4.38. The Bertz CT molecular complexity index is 435. The highest BCUT2D eigenvalue weighted by molar-refractivity contribution is 5.72. The molecule has 3 heteroatoms. The molecule has 0 spiro atoms. The lowest BCUT2D eigenvalue weighted by Gasteiger charge is -2.24. The molecule has 0 amide bonds. The molecular weight excluding hydrogens is 228 g/mol. The number of rotatable bonds is 5. The quantitative estimate of drug-likeness (QED) is 0.869. The Morgan fingerprint density at radius 3 is 2.50 bits per heavy atom.